The minimum Gasteiger partial charge on any atom is -0.356 e. The number of fused-ring (bicyclic) bond motifs is 1. The first-order valence-electron chi connectivity index (χ1n) is 8.85. The number of amides is 1. The highest BCUT2D eigenvalue weighted by Crippen LogP contribution is 2.13. The van der Waals surface area contributed by atoms with Crippen LogP contribution in [-0.4, -0.2) is 28.2 Å². The van der Waals surface area contributed by atoms with Crippen LogP contribution in [0.15, 0.2) is 53.6 Å². The first-order chi connectivity index (χ1) is 13.0. The maximum Gasteiger partial charge on any atom is 0.251 e. The zero-order chi connectivity index (χ0) is 19.2. The monoisotopic (exact) mass is 363 g/mol. The van der Waals surface area contributed by atoms with Crippen molar-refractivity contribution < 1.29 is 9.59 Å². The van der Waals surface area contributed by atoms with Crippen LogP contribution in [0.3, 0.4) is 0 Å². The molecule has 0 radical (unpaired) electrons. The van der Waals surface area contributed by atoms with Gasteiger partial charge in [0.25, 0.3) is 5.56 Å². The molecule has 138 valence electrons. The van der Waals surface area contributed by atoms with E-state index in [2.05, 4.69) is 15.3 Å². The fourth-order valence-corrected chi connectivity index (χ4v) is 2.88. The van der Waals surface area contributed by atoms with E-state index in [4.69, 9.17) is 0 Å². The van der Waals surface area contributed by atoms with Crippen molar-refractivity contribution in [3.05, 3.63) is 75.8 Å². The van der Waals surface area contributed by atoms with Gasteiger partial charge in [0.15, 0.2) is 5.78 Å². The Morgan fingerprint density at radius 2 is 2.00 bits per heavy atom. The number of nitrogens with zero attached hydrogens (tertiary/aromatic N) is 1. The number of aryl methyl sites for hydroxylation is 1. The SMILES string of the molecule is Cc1ccc2[nH]c(=O)c(CCNC(=O)CCC(=O)c3cccnc3)cc2c1. The number of Topliss-reactive ketones (excluding diaryl/α,β-unsaturated/α-hetero) is 1. The van der Waals surface area contributed by atoms with Gasteiger partial charge in [0, 0.05) is 48.4 Å². The molecule has 1 amide bonds. The van der Waals surface area contributed by atoms with Gasteiger partial charge in [-0.2, -0.15) is 0 Å². The van der Waals surface area contributed by atoms with Crippen molar-refractivity contribution in [2.75, 3.05) is 6.54 Å². The number of hydrogen-bond acceptors (Lipinski definition) is 4. The second kappa shape index (κ2) is 8.40. The van der Waals surface area contributed by atoms with Gasteiger partial charge in [-0.05, 0) is 49.1 Å². The largest absolute Gasteiger partial charge is 0.356 e. The van der Waals surface area contributed by atoms with E-state index in [0.29, 0.717) is 24.1 Å². The van der Waals surface area contributed by atoms with Crippen LogP contribution in [0.5, 0.6) is 0 Å². The number of aromatic nitrogens is 2. The number of H-pyrrole nitrogens is 1. The molecule has 1 aromatic carbocycles. The molecule has 6 heteroatoms. The Balaban J connectivity index is 1.51. The minimum atomic E-state index is -0.208. The number of ketones is 1. The Kier molecular flexibility index (Phi) is 5.76. The third kappa shape index (κ3) is 4.88. The average molecular weight is 363 g/mol. The summed E-state index contributed by atoms with van der Waals surface area (Å²) in [6.07, 6.45) is 3.77. The zero-order valence-corrected chi connectivity index (χ0v) is 15.1. The number of rotatable bonds is 7. The van der Waals surface area contributed by atoms with Crippen LogP contribution in [0.4, 0.5) is 0 Å². The maximum absolute atomic E-state index is 12.1. The normalized spacial score (nSPS) is 10.7. The van der Waals surface area contributed by atoms with E-state index < -0.39 is 0 Å². The lowest BCUT2D eigenvalue weighted by Gasteiger charge is -2.06. The van der Waals surface area contributed by atoms with Crippen LogP contribution in [0.25, 0.3) is 10.9 Å². The number of carbonyl (C=O) groups excluding carboxylic acids is 2. The van der Waals surface area contributed by atoms with Gasteiger partial charge in [0.05, 0.1) is 0 Å². The molecule has 6 nitrogen and oxygen atoms in total. The smallest absolute Gasteiger partial charge is 0.251 e. The van der Waals surface area contributed by atoms with E-state index in [1.807, 2.05) is 31.2 Å². The van der Waals surface area contributed by atoms with Crippen molar-refractivity contribution in [1.82, 2.24) is 15.3 Å². The van der Waals surface area contributed by atoms with E-state index in [0.717, 1.165) is 16.5 Å². The first-order valence-corrected chi connectivity index (χ1v) is 8.85. The van der Waals surface area contributed by atoms with Crippen molar-refractivity contribution >= 4 is 22.6 Å². The Labute approximate surface area is 156 Å². The van der Waals surface area contributed by atoms with Crippen molar-refractivity contribution in [2.24, 2.45) is 0 Å². The number of benzene rings is 1. The lowest BCUT2D eigenvalue weighted by Crippen LogP contribution is -2.27. The molecule has 0 saturated heterocycles. The van der Waals surface area contributed by atoms with Crippen LogP contribution >= 0.6 is 0 Å². The first kappa shape index (κ1) is 18.5. The summed E-state index contributed by atoms with van der Waals surface area (Å²) in [4.78, 5) is 42.8. The number of pyridine rings is 2. The Morgan fingerprint density at radius 1 is 1.15 bits per heavy atom. The van der Waals surface area contributed by atoms with Gasteiger partial charge in [-0.3, -0.25) is 19.4 Å². The summed E-state index contributed by atoms with van der Waals surface area (Å²) in [5.41, 5.74) is 2.90. The Hall–Kier alpha value is -3.28. The van der Waals surface area contributed by atoms with Crippen LogP contribution in [0.2, 0.25) is 0 Å². The fraction of sp³-hybridized carbons (Fsp3) is 0.238. The van der Waals surface area contributed by atoms with Gasteiger partial charge in [-0.25, -0.2) is 0 Å². The van der Waals surface area contributed by atoms with Crippen molar-refractivity contribution in [2.45, 2.75) is 26.2 Å². The Morgan fingerprint density at radius 3 is 2.78 bits per heavy atom. The lowest BCUT2D eigenvalue weighted by molar-refractivity contribution is -0.121. The molecule has 0 fully saturated rings. The van der Waals surface area contributed by atoms with Crippen molar-refractivity contribution in [3.8, 4) is 0 Å². The lowest BCUT2D eigenvalue weighted by atomic mass is 10.1. The third-order valence-corrected chi connectivity index (χ3v) is 4.36. The summed E-state index contributed by atoms with van der Waals surface area (Å²) in [7, 11) is 0. The standard InChI is InChI=1S/C21H21N3O3/c1-14-4-5-18-17(11-14)12-15(21(27)24-18)8-10-23-20(26)7-6-19(25)16-3-2-9-22-13-16/h2-5,9,11-13H,6-8,10H2,1H3,(H,23,26)(H,24,27). The van der Waals surface area contributed by atoms with Crippen molar-refractivity contribution in [3.63, 3.8) is 0 Å². The summed E-state index contributed by atoms with van der Waals surface area (Å²) in [5, 5.41) is 3.74. The minimum absolute atomic E-state index is 0.111. The number of hydrogen-bond donors (Lipinski definition) is 2. The summed E-state index contributed by atoms with van der Waals surface area (Å²) < 4.78 is 0. The molecule has 3 rings (SSSR count). The molecule has 0 spiro atoms. The molecule has 0 bridgehead atoms. The van der Waals surface area contributed by atoms with E-state index >= 15 is 0 Å². The molecule has 2 N–H and O–H groups in total. The van der Waals surface area contributed by atoms with Gasteiger partial charge < -0.3 is 10.3 Å². The van der Waals surface area contributed by atoms with Crippen molar-refractivity contribution in [1.29, 1.82) is 0 Å². The number of nitrogens with one attached hydrogen (secondary N) is 2. The third-order valence-electron chi connectivity index (χ3n) is 4.36. The molecular formula is C21H21N3O3. The summed E-state index contributed by atoms with van der Waals surface area (Å²) in [5.74, 6) is -0.320. The van der Waals surface area contributed by atoms with Gasteiger partial charge >= 0.3 is 0 Å². The maximum atomic E-state index is 12.1. The predicted octanol–water partition coefficient (Wildman–Crippen LogP) is 2.55. The molecule has 0 aliphatic carbocycles. The summed E-state index contributed by atoms with van der Waals surface area (Å²) in [6.45, 7) is 2.34. The molecular weight excluding hydrogens is 342 g/mol. The highest BCUT2D eigenvalue weighted by molar-refractivity contribution is 5.97. The van der Waals surface area contributed by atoms with E-state index in [9.17, 15) is 14.4 Å². The van der Waals surface area contributed by atoms with Gasteiger partial charge in [0.2, 0.25) is 5.91 Å². The number of aromatic amines is 1. The highest BCUT2D eigenvalue weighted by atomic mass is 16.2. The molecule has 2 heterocycles. The van der Waals surface area contributed by atoms with Crippen LogP contribution in [0, 0.1) is 6.92 Å². The van der Waals surface area contributed by atoms with Gasteiger partial charge in [0.1, 0.15) is 0 Å². The van der Waals surface area contributed by atoms with Crippen LogP contribution in [-0.2, 0) is 11.2 Å². The second-order valence-corrected chi connectivity index (χ2v) is 6.48. The molecule has 3 aromatic rings. The molecule has 0 unspecified atom stereocenters. The van der Waals surface area contributed by atoms with Gasteiger partial charge in [-0.1, -0.05) is 11.6 Å². The van der Waals surface area contributed by atoms with E-state index in [-0.39, 0.29) is 30.1 Å². The van der Waals surface area contributed by atoms with Crippen LogP contribution in [0.1, 0.15) is 34.3 Å². The quantitative estimate of drug-likeness (QED) is 0.631. The zero-order valence-electron chi connectivity index (χ0n) is 15.1. The molecule has 0 saturated carbocycles. The molecule has 27 heavy (non-hydrogen) atoms. The van der Waals surface area contributed by atoms with Crippen LogP contribution < -0.4 is 10.9 Å². The van der Waals surface area contributed by atoms with E-state index in [1.54, 1.807) is 18.3 Å². The summed E-state index contributed by atoms with van der Waals surface area (Å²) >= 11 is 0. The second-order valence-electron chi connectivity index (χ2n) is 6.48. The molecule has 0 aliphatic rings. The molecule has 0 atom stereocenters. The molecule has 0 aliphatic heterocycles. The topological polar surface area (TPSA) is 91.9 Å². The van der Waals surface area contributed by atoms with E-state index in [1.165, 1.54) is 6.20 Å². The summed E-state index contributed by atoms with van der Waals surface area (Å²) in [6, 6.07) is 11.1. The number of carbonyl (C=O) groups is 2. The average Bonchev–Trinajstić information content (AvgIpc) is 2.67. The van der Waals surface area contributed by atoms with Gasteiger partial charge in [-0.15, -0.1) is 0 Å². The Bertz CT molecular complexity index is 1030. The molecule has 2 aromatic heterocycles. The predicted molar refractivity (Wildman–Crippen MR) is 104 cm³/mol. The fourth-order valence-electron chi connectivity index (χ4n) is 2.88. The highest BCUT2D eigenvalue weighted by Gasteiger charge is 2.10.